The van der Waals surface area contributed by atoms with E-state index in [9.17, 15) is 9.59 Å². The van der Waals surface area contributed by atoms with E-state index in [1.165, 1.54) is 10.6 Å². The molecule has 0 atom stereocenters. The van der Waals surface area contributed by atoms with E-state index < -0.39 is 0 Å². The zero-order chi connectivity index (χ0) is 18.5. The molecule has 1 N–H and O–H groups in total. The Bertz CT molecular complexity index is 984. The largest absolute Gasteiger partial charge is 0.324 e. The lowest BCUT2D eigenvalue weighted by atomic mass is 10.2. The number of benzene rings is 2. The highest BCUT2D eigenvalue weighted by atomic mass is 32.2. The summed E-state index contributed by atoms with van der Waals surface area (Å²) < 4.78 is 1.40. The highest BCUT2D eigenvalue weighted by Crippen LogP contribution is 2.19. The van der Waals surface area contributed by atoms with Crippen LogP contribution < -0.4 is 10.9 Å². The first-order valence-corrected chi connectivity index (χ1v) is 9.37. The zero-order valence-corrected chi connectivity index (χ0v) is 15.4. The molecule has 1 amide bonds. The molecule has 3 aromatic rings. The Balaban J connectivity index is 1.89. The zero-order valence-electron chi connectivity index (χ0n) is 14.6. The SMILES string of the molecule is CSc1cccc(NC(=O)Cn2c(-c3ccccc3)nc(C)cc2=O)c1. The van der Waals surface area contributed by atoms with E-state index in [-0.39, 0.29) is 18.0 Å². The molecule has 0 saturated carbocycles. The maximum absolute atomic E-state index is 12.5. The average molecular weight is 365 g/mol. The third-order valence-corrected chi connectivity index (χ3v) is 4.55. The Labute approximate surface area is 156 Å². The summed E-state index contributed by atoms with van der Waals surface area (Å²) in [4.78, 5) is 30.5. The third kappa shape index (κ3) is 4.21. The predicted molar refractivity (Wildman–Crippen MR) is 106 cm³/mol. The van der Waals surface area contributed by atoms with Gasteiger partial charge in [-0.1, -0.05) is 36.4 Å². The number of amides is 1. The molecule has 0 saturated heterocycles. The Morgan fingerprint density at radius 1 is 1.12 bits per heavy atom. The molecule has 0 aliphatic rings. The second-order valence-corrected chi connectivity index (χ2v) is 6.67. The number of nitrogens with zero attached hydrogens (tertiary/aromatic N) is 2. The van der Waals surface area contributed by atoms with Gasteiger partial charge in [-0.15, -0.1) is 11.8 Å². The van der Waals surface area contributed by atoms with Crippen molar-refractivity contribution < 1.29 is 4.79 Å². The lowest BCUT2D eigenvalue weighted by Gasteiger charge is -2.13. The number of rotatable bonds is 5. The fourth-order valence-corrected chi connectivity index (χ4v) is 3.09. The van der Waals surface area contributed by atoms with E-state index in [0.717, 1.165) is 10.5 Å². The summed E-state index contributed by atoms with van der Waals surface area (Å²) in [6, 6.07) is 18.4. The Hall–Kier alpha value is -2.86. The van der Waals surface area contributed by atoms with E-state index in [1.54, 1.807) is 18.7 Å². The number of thioether (sulfide) groups is 1. The van der Waals surface area contributed by atoms with Gasteiger partial charge in [0.15, 0.2) is 0 Å². The Morgan fingerprint density at radius 2 is 1.88 bits per heavy atom. The molecular weight excluding hydrogens is 346 g/mol. The molecule has 0 bridgehead atoms. The Morgan fingerprint density at radius 3 is 2.62 bits per heavy atom. The summed E-state index contributed by atoms with van der Waals surface area (Å²) in [6.45, 7) is 1.67. The van der Waals surface area contributed by atoms with Gasteiger partial charge < -0.3 is 5.32 Å². The summed E-state index contributed by atoms with van der Waals surface area (Å²) in [5, 5.41) is 2.85. The van der Waals surface area contributed by atoms with Crippen LogP contribution in [0.25, 0.3) is 11.4 Å². The second-order valence-electron chi connectivity index (χ2n) is 5.79. The number of carbonyl (C=O) groups excluding carboxylic acids is 1. The van der Waals surface area contributed by atoms with E-state index in [1.807, 2.05) is 60.9 Å². The highest BCUT2D eigenvalue weighted by Gasteiger charge is 2.13. The van der Waals surface area contributed by atoms with Crippen LogP contribution >= 0.6 is 11.8 Å². The van der Waals surface area contributed by atoms with Crippen LogP contribution in [0, 0.1) is 6.92 Å². The minimum absolute atomic E-state index is 0.0974. The van der Waals surface area contributed by atoms with E-state index in [4.69, 9.17) is 0 Å². The van der Waals surface area contributed by atoms with Gasteiger partial charge in [0.25, 0.3) is 5.56 Å². The standard InChI is InChI=1S/C20H19N3O2S/c1-14-11-19(25)23(20(21-14)15-7-4-3-5-8-15)13-18(24)22-16-9-6-10-17(12-16)26-2/h3-12H,13H2,1-2H3,(H,22,24). The van der Waals surface area contributed by atoms with Crippen molar-refractivity contribution in [3.05, 3.63) is 76.7 Å². The fraction of sp³-hybridized carbons (Fsp3) is 0.150. The van der Waals surface area contributed by atoms with Gasteiger partial charge in [0.1, 0.15) is 12.4 Å². The van der Waals surface area contributed by atoms with E-state index >= 15 is 0 Å². The van der Waals surface area contributed by atoms with E-state index in [0.29, 0.717) is 17.2 Å². The monoisotopic (exact) mass is 365 g/mol. The maximum Gasteiger partial charge on any atom is 0.254 e. The molecule has 6 heteroatoms. The van der Waals surface area contributed by atoms with Crippen molar-refractivity contribution in [2.45, 2.75) is 18.4 Å². The van der Waals surface area contributed by atoms with Crippen molar-refractivity contribution in [1.82, 2.24) is 9.55 Å². The third-order valence-electron chi connectivity index (χ3n) is 3.82. The van der Waals surface area contributed by atoms with Gasteiger partial charge in [-0.05, 0) is 31.4 Å². The number of hydrogen-bond acceptors (Lipinski definition) is 4. The van der Waals surface area contributed by atoms with Crippen LogP contribution in [0.1, 0.15) is 5.69 Å². The molecule has 0 aliphatic carbocycles. The number of aryl methyl sites for hydroxylation is 1. The quantitative estimate of drug-likeness (QED) is 0.702. The van der Waals surface area contributed by atoms with Crippen molar-refractivity contribution in [2.24, 2.45) is 0 Å². The van der Waals surface area contributed by atoms with Crippen LogP contribution in [0.5, 0.6) is 0 Å². The Kier molecular flexibility index (Phi) is 5.53. The minimum atomic E-state index is -0.270. The molecule has 132 valence electrons. The summed E-state index contributed by atoms with van der Waals surface area (Å²) in [5.74, 6) is 0.219. The highest BCUT2D eigenvalue weighted by molar-refractivity contribution is 7.98. The van der Waals surface area contributed by atoms with Crippen LogP contribution in [-0.4, -0.2) is 21.7 Å². The van der Waals surface area contributed by atoms with Gasteiger partial charge in [-0.25, -0.2) is 4.98 Å². The first-order valence-electron chi connectivity index (χ1n) is 8.14. The molecule has 0 fully saturated rings. The molecule has 1 aromatic heterocycles. The van der Waals surface area contributed by atoms with Gasteiger partial charge >= 0.3 is 0 Å². The van der Waals surface area contributed by atoms with Crippen molar-refractivity contribution >= 4 is 23.4 Å². The molecule has 5 nitrogen and oxygen atoms in total. The molecule has 0 radical (unpaired) electrons. The molecule has 0 aliphatic heterocycles. The normalized spacial score (nSPS) is 10.5. The maximum atomic E-state index is 12.5. The van der Waals surface area contributed by atoms with Crippen molar-refractivity contribution in [3.63, 3.8) is 0 Å². The number of nitrogens with one attached hydrogen (secondary N) is 1. The summed E-state index contributed by atoms with van der Waals surface area (Å²) in [7, 11) is 0. The van der Waals surface area contributed by atoms with Crippen LogP contribution in [0.3, 0.4) is 0 Å². The lowest BCUT2D eigenvalue weighted by Crippen LogP contribution is -2.29. The first kappa shape index (κ1) is 17.9. The van der Waals surface area contributed by atoms with Crippen molar-refractivity contribution in [2.75, 3.05) is 11.6 Å². The molecule has 0 spiro atoms. The summed E-state index contributed by atoms with van der Waals surface area (Å²) in [6.07, 6.45) is 1.98. The van der Waals surface area contributed by atoms with Gasteiger partial charge in [0.05, 0.1) is 0 Å². The van der Waals surface area contributed by atoms with Crippen LogP contribution in [-0.2, 0) is 11.3 Å². The number of carbonyl (C=O) groups is 1. The molecule has 1 heterocycles. The van der Waals surface area contributed by atoms with Crippen molar-refractivity contribution in [1.29, 1.82) is 0 Å². The molecular formula is C20H19N3O2S. The smallest absolute Gasteiger partial charge is 0.254 e. The average Bonchev–Trinajstić information content (AvgIpc) is 2.64. The van der Waals surface area contributed by atoms with Gasteiger partial charge in [-0.2, -0.15) is 0 Å². The first-order chi connectivity index (χ1) is 12.6. The topological polar surface area (TPSA) is 64.0 Å². The van der Waals surface area contributed by atoms with Gasteiger partial charge in [0, 0.05) is 27.9 Å². The number of hydrogen-bond donors (Lipinski definition) is 1. The number of aromatic nitrogens is 2. The van der Waals surface area contributed by atoms with Crippen LogP contribution in [0.15, 0.2) is 70.4 Å². The van der Waals surface area contributed by atoms with Gasteiger partial charge in [0.2, 0.25) is 5.91 Å². The summed E-state index contributed by atoms with van der Waals surface area (Å²) in [5.41, 5.74) is 1.88. The van der Waals surface area contributed by atoms with E-state index in [2.05, 4.69) is 10.3 Å². The predicted octanol–water partition coefficient (Wildman–Crippen LogP) is 3.58. The summed E-state index contributed by atoms with van der Waals surface area (Å²) >= 11 is 1.60. The van der Waals surface area contributed by atoms with Crippen LogP contribution in [0.4, 0.5) is 5.69 Å². The van der Waals surface area contributed by atoms with Crippen molar-refractivity contribution in [3.8, 4) is 11.4 Å². The molecule has 26 heavy (non-hydrogen) atoms. The van der Waals surface area contributed by atoms with Gasteiger partial charge in [-0.3, -0.25) is 14.2 Å². The lowest BCUT2D eigenvalue weighted by molar-refractivity contribution is -0.116. The van der Waals surface area contributed by atoms with Crippen LogP contribution in [0.2, 0.25) is 0 Å². The fourth-order valence-electron chi connectivity index (χ4n) is 2.63. The second kappa shape index (κ2) is 8.01. The number of anilines is 1. The minimum Gasteiger partial charge on any atom is -0.324 e. The molecule has 0 unspecified atom stereocenters. The molecule has 3 rings (SSSR count). The molecule has 2 aromatic carbocycles.